The Morgan fingerprint density at radius 1 is 1.25 bits per heavy atom. The molecule has 0 saturated heterocycles. The van der Waals surface area contributed by atoms with E-state index in [0.29, 0.717) is 6.54 Å². The maximum atomic E-state index is 12.2. The number of para-hydroxylation sites is 1. The van der Waals surface area contributed by atoms with Gasteiger partial charge in [0.25, 0.3) is 0 Å². The molecule has 5 nitrogen and oxygen atoms in total. The fraction of sp³-hybridized carbons (Fsp3) is 0.611. The number of hydrogen-bond donors (Lipinski definition) is 1. The minimum atomic E-state index is -3.12. The summed E-state index contributed by atoms with van der Waals surface area (Å²) in [6.07, 6.45) is 3.53. The molecule has 1 N–H and O–H groups in total. The molecule has 0 heterocycles. The number of carbonyl (C=O) groups is 1. The van der Waals surface area contributed by atoms with Crippen molar-refractivity contribution in [1.82, 2.24) is 5.32 Å². The lowest BCUT2D eigenvalue weighted by Crippen LogP contribution is -2.40. The number of carbonyl (C=O) groups excluding carboxylic acids is 1. The highest BCUT2D eigenvalue weighted by atomic mass is 32.2. The van der Waals surface area contributed by atoms with Gasteiger partial charge >= 0.3 is 0 Å². The van der Waals surface area contributed by atoms with Gasteiger partial charge in [0.05, 0.1) is 11.0 Å². The first-order valence-electron chi connectivity index (χ1n) is 8.66. The van der Waals surface area contributed by atoms with Gasteiger partial charge in [-0.1, -0.05) is 31.0 Å². The quantitative estimate of drug-likeness (QED) is 0.780. The molecule has 1 atom stereocenters. The Balaban J connectivity index is 1.74. The number of rotatable bonds is 8. The van der Waals surface area contributed by atoms with Gasteiger partial charge in [-0.25, -0.2) is 8.42 Å². The van der Waals surface area contributed by atoms with Crippen molar-refractivity contribution in [2.24, 2.45) is 0 Å². The van der Waals surface area contributed by atoms with E-state index in [4.69, 9.17) is 0 Å². The average molecular weight is 352 g/mol. The Bertz CT molecular complexity index is 625. The Morgan fingerprint density at radius 2 is 1.88 bits per heavy atom. The zero-order valence-corrected chi connectivity index (χ0v) is 15.4. The van der Waals surface area contributed by atoms with Gasteiger partial charge in [-0.05, 0) is 31.9 Å². The first kappa shape index (κ1) is 18.8. The third kappa shape index (κ3) is 5.23. The van der Waals surface area contributed by atoms with Gasteiger partial charge in [0, 0.05) is 31.7 Å². The second kappa shape index (κ2) is 8.51. The fourth-order valence-electron chi connectivity index (χ4n) is 3.05. The van der Waals surface area contributed by atoms with E-state index in [-0.39, 0.29) is 29.4 Å². The van der Waals surface area contributed by atoms with E-state index < -0.39 is 9.84 Å². The maximum Gasteiger partial charge on any atom is 0.221 e. The zero-order chi connectivity index (χ0) is 17.6. The summed E-state index contributed by atoms with van der Waals surface area (Å²) in [5.74, 6) is -0.225. The number of sulfone groups is 1. The molecule has 1 aliphatic carbocycles. The van der Waals surface area contributed by atoms with Crippen LogP contribution in [0.5, 0.6) is 0 Å². The molecule has 1 saturated carbocycles. The topological polar surface area (TPSA) is 66.5 Å². The predicted octanol–water partition coefficient (Wildman–Crippen LogP) is 2.38. The van der Waals surface area contributed by atoms with Crippen LogP contribution < -0.4 is 10.2 Å². The standard InChI is InChI=1S/C18H28N2O3S/c1-15(20(2)16-8-4-3-5-9-16)14-19-18(21)12-13-24(22,23)17-10-6-7-11-17/h3-5,8-9,15,17H,6-7,10-14H2,1-2H3,(H,19,21)/t15-/m1/s1. The van der Waals surface area contributed by atoms with E-state index in [2.05, 4.69) is 10.2 Å². The lowest BCUT2D eigenvalue weighted by Gasteiger charge is -2.27. The van der Waals surface area contributed by atoms with Gasteiger partial charge in [-0.2, -0.15) is 0 Å². The molecule has 1 fully saturated rings. The van der Waals surface area contributed by atoms with E-state index in [9.17, 15) is 13.2 Å². The van der Waals surface area contributed by atoms with Crippen LogP contribution >= 0.6 is 0 Å². The van der Waals surface area contributed by atoms with Crippen molar-refractivity contribution in [3.8, 4) is 0 Å². The summed E-state index contributed by atoms with van der Waals surface area (Å²) in [6, 6.07) is 10.1. The van der Waals surface area contributed by atoms with Crippen LogP contribution in [0.2, 0.25) is 0 Å². The summed E-state index contributed by atoms with van der Waals surface area (Å²) in [5, 5.41) is 2.62. The molecule has 1 aliphatic rings. The van der Waals surface area contributed by atoms with E-state index in [1.165, 1.54) is 0 Å². The number of nitrogens with one attached hydrogen (secondary N) is 1. The van der Waals surface area contributed by atoms with Gasteiger partial charge in [0.1, 0.15) is 0 Å². The predicted molar refractivity (Wildman–Crippen MR) is 98.0 cm³/mol. The van der Waals surface area contributed by atoms with Crippen LogP contribution in [0, 0.1) is 0 Å². The monoisotopic (exact) mass is 352 g/mol. The van der Waals surface area contributed by atoms with Crippen LogP contribution in [0.15, 0.2) is 30.3 Å². The number of anilines is 1. The molecule has 1 aromatic carbocycles. The van der Waals surface area contributed by atoms with Crippen molar-refractivity contribution in [1.29, 1.82) is 0 Å². The van der Waals surface area contributed by atoms with Gasteiger partial charge in [-0.15, -0.1) is 0 Å². The van der Waals surface area contributed by atoms with Crippen LogP contribution in [0.3, 0.4) is 0 Å². The molecule has 0 aromatic heterocycles. The minimum absolute atomic E-state index is 0.0353. The largest absolute Gasteiger partial charge is 0.370 e. The van der Waals surface area contributed by atoms with E-state index in [1.54, 1.807) is 0 Å². The summed E-state index contributed by atoms with van der Waals surface area (Å²) in [5.41, 5.74) is 1.09. The molecule has 1 amide bonds. The normalized spacial score (nSPS) is 16.8. The first-order chi connectivity index (χ1) is 11.4. The Labute approximate surface area is 145 Å². The second-order valence-corrected chi connectivity index (χ2v) is 9.02. The molecule has 0 radical (unpaired) electrons. The highest BCUT2D eigenvalue weighted by Crippen LogP contribution is 2.25. The van der Waals surface area contributed by atoms with Crippen molar-refractivity contribution in [3.05, 3.63) is 30.3 Å². The van der Waals surface area contributed by atoms with Gasteiger partial charge in [0.2, 0.25) is 5.91 Å². The third-order valence-electron chi connectivity index (χ3n) is 4.84. The summed E-state index contributed by atoms with van der Waals surface area (Å²) in [4.78, 5) is 14.1. The number of amides is 1. The zero-order valence-electron chi connectivity index (χ0n) is 14.6. The fourth-order valence-corrected chi connectivity index (χ4v) is 4.91. The summed E-state index contributed by atoms with van der Waals surface area (Å²) < 4.78 is 24.4. The first-order valence-corrected chi connectivity index (χ1v) is 10.4. The van der Waals surface area contributed by atoms with Gasteiger partial charge in [0.15, 0.2) is 9.84 Å². The summed E-state index contributed by atoms with van der Waals surface area (Å²) >= 11 is 0. The molecule has 1 aromatic rings. The van der Waals surface area contributed by atoms with Crippen LogP contribution in [0.4, 0.5) is 5.69 Å². The van der Waals surface area contributed by atoms with Gasteiger partial charge < -0.3 is 10.2 Å². The highest BCUT2D eigenvalue weighted by molar-refractivity contribution is 7.92. The van der Waals surface area contributed by atoms with E-state index >= 15 is 0 Å². The van der Waals surface area contributed by atoms with Crippen molar-refractivity contribution < 1.29 is 13.2 Å². The van der Waals surface area contributed by atoms with Crippen molar-refractivity contribution >= 4 is 21.4 Å². The van der Waals surface area contributed by atoms with E-state index in [0.717, 1.165) is 31.4 Å². The summed E-state index contributed by atoms with van der Waals surface area (Å²) in [6.45, 7) is 2.52. The van der Waals surface area contributed by atoms with Gasteiger partial charge in [-0.3, -0.25) is 4.79 Å². The highest BCUT2D eigenvalue weighted by Gasteiger charge is 2.28. The molecule has 24 heavy (non-hydrogen) atoms. The van der Waals surface area contributed by atoms with Crippen LogP contribution in [0.25, 0.3) is 0 Å². The summed E-state index contributed by atoms with van der Waals surface area (Å²) in [7, 11) is -1.14. The van der Waals surface area contributed by atoms with Crippen LogP contribution in [-0.2, 0) is 14.6 Å². The Kier molecular flexibility index (Phi) is 6.66. The number of benzene rings is 1. The number of hydrogen-bond acceptors (Lipinski definition) is 4. The molecule has 0 spiro atoms. The van der Waals surface area contributed by atoms with Crippen molar-refractivity contribution in [2.45, 2.75) is 50.3 Å². The molecule has 0 unspecified atom stereocenters. The number of nitrogens with zero attached hydrogens (tertiary/aromatic N) is 1. The minimum Gasteiger partial charge on any atom is -0.370 e. The number of likely N-dealkylation sites (N-methyl/N-ethyl adjacent to an activating group) is 1. The maximum absolute atomic E-state index is 12.2. The van der Waals surface area contributed by atoms with Crippen molar-refractivity contribution in [3.63, 3.8) is 0 Å². The average Bonchev–Trinajstić information content (AvgIpc) is 3.13. The Hall–Kier alpha value is -1.56. The van der Waals surface area contributed by atoms with E-state index in [1.807, 2.05) is 44.3 Å². The molecular formula is C18H28N2O3S. The molecule has 2 rings (SSSR count). The lowest BCUT2D eigenvalue weighted by atomic mass is 10.2. The SMILES string of the molecule is C[C@H](CNC(=O)CCS(=O)(=O)C1CCCC1)N(C)c1ccccc1. The Morgan fingerprint density at radius 3 is 2.50 bits per heavy atom. The third-order valence-corrected chi connectivity index (χ3v) is 7.10. The molecule has 0 bridgehead atoms. The molecular weight excluding hydrogens is 324 g/mol. The van der Waals surface area contributed by atoms with Crippen LogP contribution in [-0.4, -0.2) is 45.0 Å². The molecule has 6 heteroatoms. The molecule has 0 aliphatic heterocycles. The second-order valence-electron chi connectivity index (χ2n) is 6.62. The van der Waals surface area contributed by atoms with Crippen LogP contribution in [0.1, 0.15) is 39.0 Å². The lowest BCUT2D eigenvalue weighted by molar-refractivity contribution is -0.120. The van der Waals surface area contributed by atoms with Crippen molar-refractivity contribution in [2.75, 3.05) is 24.2 Å². The smallest absolute Gasteiger partial charge is 0.221 e. The molecule has 134 valence electrons.